The van der Waals surface area contributed by atoms with E-state index in [9.17, 15) is 4.39 Å². The van der Waals surface area contributed by atoms with Gasteiger partial charge < -0.3 is 9.62 Å². The molecule has 1 aliphatic heterocycles. The third kappa shape index (κ3) is 5.42. The van der Waals surface area contributed by atoms with Crippen molar-refractivity contribution >= 4 is 11.6 Å². The van der Waals surface area contributed by atoms with Crippen LogP contribution in [0, 0.1) is 5.82 Å². The quantitative estimate of drug-likeness (QED) is 0.226. The summed E-state index contributed by atoms with van der Waals surface area (Å²) in [5, 5.41) is 0. The second-order valence-electron chi connectivity index (χ2n) is 8.31. The van der Waals surface area contributed by atoms with Crippen molar-refractivity contribution in [1.82, 2.24) is 0 Å². The van der Waals surface area contributed by atoms with Gasteiger partial charge in [-0.05, 0) is 58.2 Å². The molecule has 4 aromatic carbocycles. The summed E-state index contributed by atoms with van der Waals surface area (Å²) in [4.78, 5) is 11.1. The van der Waals surface area contributed by atoms with Crippen LogP contribution < -0.4 is 4.89 Å². The monoisotopic (exact) mass is 452 g/mol. The minimum Gasteiger partial charge on any atom is -0.374 e. The molecule has 0 amide bonds. The van der Waals surface area contributed by atoms with Crippen molar-refractivity contribution in [2.24, 2.45) is 0 Å². The van der Waals surface area contributed by atoms with Crippen LogP contribution in [0.25, 0.3) is 11.6 Å². The van der Waals surface area contributed by atoms with Gasteiger partial charge in [-0.15, -0.1) is 0 Å². The molecule has 0 N–H and O–H groups in total. The van der Waals surface area contributed by atoms with Crippen molar-refractivity contribution in [3.8, 4) is 5.75 Å². The number of halogens is 1. The van der Waals surface area contributed by atoms with Gasteiger partial charge in [0.25, 0.3) is 0 Å². The first-order valence-electron chi connectivity index (χ1n) is 11.4. The van der Waals surface area contributed by atoms with Crippen LogP contribution in [0.1, 0.15) is 27.8 Å². The maximum absolute atomic E-state index is 13.8. The predicted molar refractivity (Wildman–Crippen MR) is 132 cm³/mol. The van der Waals surface area contributed by atoms with E-state index in [1.807, 2.05) is 72.8 Å². The maximum atomic E-state index is 13.8. The smallest absolute Gasteiger partial charge is 0.168 e. The molecule has 5 rings (SSSR count). The zero-order valence-corrected chi connectivity index (χ0v) is 18.7. The van der Waals surface area contributed by atoms with Gasteiger partial charge in [0, 0.05) is 12.0 Å². The van der Waals surface area contributed by atoms with Gasteiger partial charge in [-0.25, -0.2) is 4.39 Å². The summed E-state index contributed by atoms with van der Waals surface area (Å²) < 4.78 is 19.7. The van der Waals surface area contributed by atoms with Gasteiger partial charge >= 0.3 is 0 Å². The average molecular weight is 453 g/mol. The molecule has 1 atom stereocenters. The van der Waals surface area contributed by atoms with Gasteiger partial charge in [0.15, 0.2) is 5.75 Å². The Bertz CT molecular complexity index is 1270. The highest BCUT2D eigenvalue weighted by Crippen LogP contribution is 2.33. The van der Waals surface area contributed by atoms with E-state index in [4.69, 9.17) is 14.5 Å². The normalized spacial score (nSPS) is 15.4. The Morgan fingerprint density at radius 3 is 2.44 bits per heavy atom. The fourth-order valence-corrected chi connectivity index (χ4v) is 4.07. The molecule has 0 radical (unpaired) electrons. The van der Waals surface area contributed by atoms with E-state index in [-0.39, 0.29) is 11.9 Å². The lowest BCUT2D eigenvalue weighted by molar-refractivity contribution is -0.265. The molecule has 1 unspecified atom stereocenters. The van der Waals surface area contributed by atoms with E-state index in [2.05, 4.69) is 18.2 Å². The van der Waals surface area contributed by atoms with Crippen molar-refractivity contribution < 1.29 is 18.9 Å². The van der Waals surface area contributed by atoms with E-state index in [0.717, 1.165) is 33.4 Å². The number of hydrogen-bond donors (Lipinski definition) is 0. The molecule has 0 aliphatic carbocycles. The Kier molecular flexibility index (Phi) is 6.80. The van der Waals surface area contributed by atoms with Crippen molar-refractivity contribution in [2.45, 2.75) is 19.1 Å². The van der Waals surface area contributed by atoms with E-state index >= 15 is 0 Å². The van der Waals surface area contributed by atoms with E-state index in [0.29, 0.717) is 25.4 Å². The summed E-state index contributed by atoms with van der Waals surface area (Å²) in [6, 6.07) is 32.9. The Morgan fingerprint density at radius 1 is 0.853 bits per heavy atom. The first kappa shape index (κ1) is 22.1. The lowest BCUT2D eigenvalue weighted by Crippen LogP contribution is -2.28. The summed E-state index contributed by atoms with van der Waals surface area (Å²) in [6.07, 6.45) is 2.50. The molecule has 0 saturated heterocycles. The van der Waals surface area contributed by atoms with Crippen LogP contribution in [0.3, 0.4) is 0 Å². The van der Waals surface area contributed by atoms with Crippen molar-refractivity contribution in [3.05, 3.63) is 137 Å². The number of hydrogen-bond acceptors (Lipinski definition) is 3. The Morgan fingerprint density at radius 2 is 1.65 bits per heavy atom. The molecule has 0 bridgehead atoms. The second-order valence-corrected chi connectivity index (χ2v) is 8.31. The minimum absolute atomic E-state index is 0.196. The summed E-state index contributed by atoms with van der Waals surface area (Å²) in [7, 11) is 0. The van der Waals surface area contributed by atoms with Gasteiger partial charge in [0.1, 0.15) is 11.9 Å². The van der Waals surface area contributed by atoms with Crippen molar-refractivity contribution in [2.75, 3.05) is 6.61 Å². The molecule has 170 valence electrons. The lowest BCUT2D eigenvalue weighted by Gasteiger charge is -2.24. The first-order chi connectivity index (χ1) is 16.7. The molecular formula is C30H25FO3. The molecule has 0 spiro atoms. The summed E-state index contributed by atoms with van der Waals surface area (Å²) in [5.41, 5.74) is 6.09. The Hall–Kier alpha value is -3.73. The number of ether oxygens (including phenoxy) is 1. The molecule has 0 aromatic heterocycles. The molecule has 0 fully saturated rings. The minimum atomic E-state index is -0.254. The molecule has 4 aromatic rings. The number of rotatable bonds is 7. The van der Waals surface area contributed by atoms with Crippen LogP contribution in [0.4, 0.5) is 4.39 Å². The molecule has 34 heavy (non-hydrogen) atoms. The van der Waals surface area contributed by atoms with Gasteiger partial charge in [0.05, 0.1) is 13.2 Å². The predicted octanol–water partition coefficient (Wildman–Crippen LogP) is 6.87. The van der Waals surface area contributed by atoms with Gasteiger partial charge in [-0.1, -0.05) is 78.9 Å². The van der Waals surface area contributed by atoms with E-state index in [1.165, 1.54) is 6.07 Å². The van der Waals surface area contributed by atoms with E-state index in [1.54, 1.807) is 12.1 Å². The second kappa shape index (κ2) is 10.5. The summed E-state index contributed by atoms with van der Waals surface area (Å²) >= 11 is 0. The first-order valence-corrected chi connectivity index (χ1v) is 11.4. The maximum Gasteiger partial charge on any atom is 0.168 e. The van der Waals surface area contributed by atoms with Gasteiger partial charge in [0.2, 0.25) is 0 Å². The number of fused-ring (bicyclic) bond motifs is 1. The van der Waals surface area contributed by atoms with Crippen LogP contribution in [-0.4, -0.2) is 12.7 Å². The van der Waals surface area contributed by atoms with Crippen LogP contribution in [-0.2, 0) is 22.7 Å². The van der Waals surface area contributed by atoms with Gasteiger partial charge in [-0.3, -0.25) is 0 Å². The van der Waals surface area contributed by atoms with Crippen LogP contribution in [0.2, 0.25) is 0 Å². The molecule has 3 nitrogen and oxygen atoms in total. The zero-order chi connectivity index (χ0) is 23.2. The van der Waals surface area contributed by atoms with E-state index < -0.39 is 0 Å². The third-order valence-corrected chi connectivity index (χ3v) is 5.75. The Labute approximate surface area is 199 Å². The molecule has 1 aliphatic rings. The summed E-state index contributed by atoms with van der Waals surface area (Å²) in [6.45, 7) is 0.964. The molecular weight excluding hydrogens is 427 g/mol. The highest BCUT2D eigenvalue weighted by molar-refractivity contribution is 5.91. The van der Waals surface area contributed by atoms with Crippen LogP contribution in [0.15, 0.2) is 103 Å². The standard InChI is InChI=1S/C30H25FO3/c31-27-13-7-10-23(16-27)17-29(24-11-5-2-6-12-24)25-14-15-30-26(18-25)19-28(33-34-30)21-32-20-22-8-3-1-4-9-22/h1-18,28H,19-21H2. The Balaban J connectivity index is 1.37. The highest BCUT2D eigenvalue weighted by Gasteiger charge is 2.23. The highest BCUT2D eigenvalue weighted by atomic mass is 19.1. The van der Waals surface area contributed by atoms with Crippen LogP contribution >= 0.6 is 0 Å². The van der Waals surface area contributed by atoms with Crippen molar-refractivity contribution in [1.29, 1.82) is 0 Å². The SMILES string of the molecule is Fc1cccc(C=C(c2ccccc2)c2ccc3c(c2)CC(COCc2ccccc2)OO3)c1. The summed E-state index contributed by atoms with van der Waals surface area (Å²) in [5.74, 6) is 0.455. The fraction of sp³-hybridized carbons (Fsp3) is 0.133. The number of benzene rings is 4. The lowest BCUT2D eigenvalue weighted by atomic mass is 9.93. The topological polar surface area (TPSA) is 27.7 Å². The largest absolute Gasteiger partial charge is 0.374 e. The molecule has 1 heterocycles. The van der Waals surface area contributed by atoms with Gasteiger partial charge in [-0.2, -0.15) is 4.89 Å². The fourth-order valence-electron chi connectivity index (χ4n) is 4.07. The third-order valence-electron chi connectivity index (χ3n) is 5.75. The zero-order valence-electron chi connectivity index (χ0n) is 18.7. The molecule has 0 saturated carbocycles. The van der Waals surface area contributed by atoms with Crippen molar-refractivity contribution in [3.63, 3.8) is 0 Å². The average Bonchev–Trinajstić information content (AvgIpc) is 2.88. The van der Waals surface area contributed by atoms with Crippen LogP contribution in [0.5, 0.6) is 5.75 Å². The molecule has 4 heteroatoms.